The Labute approximate surface area is 162 Å². The second-order valence-corrected chi connectivity index (χ2v) is 7.28. The number of hydrogen-bond donors (Lipinski definition) is 0. The van der Waals surface area contributed by atoms with Crippen molar-refractivity contribution < 1.29 is 23.8 Å². The molecule has 2 aromatic rings. The Hall–Kier alpha value is -2.54. The topological polar surface area (TPSA) is 65.1 Å². The molecule has 27 heavy (non-hydrogen) atoms. The third-order valence-corrected chi connectivity index (χ3v) is 5.74. The lowest BCUT2D eigenvalue weighted by molar-refractivity contribution is -0.135. The number of methoxy groups -OCH3 is 2. The fourth-order valence-electron chi connectivity index (χ4n) is 3.35. The highest BCUT2D eigenvalue weighted by Crippen LogP contribution is 2.38. The van der Waals surface area contributed by atoms with Gasteiger partial charge in [0.15, 0.2) is 6.61 Å². The summed E-state index contributed by atoms with van der Waals surface area (Å²) < 4.78 is 16.0. The van der Waals surface area contributed by atoms with Crippen molar-refractivity contribution >= 4 is 23.2 Å². The quantitative estimate of drug-likeness (QED) is 0.707. The Bertz CT molecular complexity index is 832. The van der Waals surface area contributed by atoms with Crippen molar-refractivity contribution in [2.75, 3.05) is 27.4 Å². The number of esters is 1. The summed E-state index contributed by atoms with van der Waals surface area (Å²) in [6.45, 7) is 2.21. The fourth-order valence-corrected chi connectivity index (χ4v) is 4.16. The van der Waals surface area contributed by atoms with Crippen LogP contribution in [-0.4, -0.2) is 44.1 Å². The Morgan fingerprint density at radius 1 is 1.22 bits per heavy atom. The van der Waals surface area contributed by atoms with Crippen LogP contribution in [0.4, 0.5) is 0 Å². The molecule has 1 aromatic heterocycles. The van der Waals surface area contributed by atoms with Gasteiger partial charge in [-0.15, -0.1) is 11.3 Å². The SMILES string of the molecule is COc1ccc(OC)c([C@H]2CCCN2C(=O)COC(=O)c2sccc2C)c1. The molecule has 7 heteroatoms. The number of hydrogen-bond acceptors (Lipinski definition) is 6. The van der Waals surface area contributed by atoms with Crippen LogP contribution in [0.1, 0.15) is 39.7 Å². The average molecular weight is 389 g/mol. The first kappa shape index (κ1) is 19.2. The lowest BCUT2D eigenvalue weighted by Crippen LogP contribution is -2.34. The maximum atomic E-state index is 12.7. The van der Waals surface area contributed by atoms with Crippen LogP contribution in [0.2, 0.25) is 0 Å². The van der Waals surface area contributed by atoms with E-state index in [1.165, 1.54) is 11.3 Å². The van der Waals surface area contributed by atoms with Crippen molar-refractivity contribution in [1.82, 2.24) is 4.90 Å². The van der Waals surface area contributed by atoms with E-state index in [2.05, 4.69) is 0 Å². The molecule has 0 radical (unpaired) electrons. The number of carbonyl (C=O) groups is 2. The molecule has 0 N–H and O–H groups in total. The van der Waals surface area contributed by atoms with Gasteiger partial charge in [-0.2, -0.15) is 0 Å². The molecule has 0 unspecified atom stereocenters. The van der Waals surface area contributed by atoms with Gasteiger partial charge in [-0.25, -0.2) is 4.79 Å². The van der Waals surface area contributed by atoms with Crippen molar-refractivity contribution in [3.05, 3.63) is 45.6 Å². The predicted octanol–water partition coefficient (Wildman–Crippen LogP) is 3.59. The third kappa shape index (κ3) is 4.08. The van der Waals surface area contributed by atoms with E-state index in [1.807, 2.05) is 36.6 Å². The van der Waals surface area contributed by atoms with Gasteiger partial charge in [-0.3, -0.25) is 4.79 Å². The first-order valence-corrected chi connectivity index (χ1v) is 9.65. The summed E-state index contributed by atoms with van der Waals surface area (Å²) in [6, 6.07) is 7.30. The van der Waals surface area contributed by atoms with Gasteiger partial charge in [0.2, 0.25) is 0 Å². The van der Waals surface area contributed by atoms with E-state index in [9.17, 15) is 9.59 Å². The molecule has 0 spiro atoms. The molecule has 1 atom stereocenters. The molecular weight excluding hydrogens is 366 g/mol. The number of carbonyl (C=O) groups excluding carboxylic acids is 2. The van der Waals surface area contributed by atoms with Crippen LogP contribution in [0.5, 0.6) is 11.5 Å². The molecule has 1 amide bonds. The van der Waals surface area contributed by atoms with Gasteiger partial charge in [-0.05, 0) is 55.0 Å². The minimum absolute atomic E-state index is 0.121. The summed E-state index contributed by atoms with van der Waals surface area (Å²) in [5.41, 5.74) is 1.76. The van der Waals surface area contributed by atoms with Gasteiger partial charge in [0.1, 0.15) is 16.4 Å². The molecule has 3 rings (SSSR count). The molecule has 144 valence electrons. The van der Waals surface area contributed by atoms with E-state index in [4.69, 9.17) is 14.2 Å². The monoisotopic (exact) mass is 389 g/mol. The van der Waals surface area contributed by atoms with Crippen molar-refractivity contribution in [1.29, 1.82) is 0 Å². The highest BCUT2D eigenvalue weighted by molar-refractivity contribution is 7.12. The van der Waals surface area contributed by atoms with Crippen LogP contribution >= 0.6 is 11.3 Å². The summed E-state index contributed by atoms with van der Waals surface area (Å²) in [4.78, 5) is 27.2. The van der Waals surface area contributed by atoms with Crippen molar-refractivity contribution in [2.24, 2.45) is 0 Å². The van der Waals surface area contributed by atoms with Crippen molar-refractivity contribution in [3.8, 4) is 11.5 Å². The summed E-state index contributed by atoms with van der Waals surface area (Å²) in [6.07, 6.45) is 1.71. The maximum Gasteiger partial charge on any atom is 0.349 e. The zero-order chi connectivity index (χ0) is 19.4. The number of likely N-dealkylation sites (tertiary alicyclic amines) is 1. The predicted molar refractivity (Wildman–Crippen MR) is 103 cm³/mol. The molecule has 0 saturated carbocycles. The summed E-state index contributed by atoms with van der Waals surface area (Å²) >= 11 is 1.32. The largest absolute Gasteiger partial charge is 0.497 e. The molecule has 2 heterocycles. The van der Waals surface area contributed by atoms with Crippen LogP contribution in [0.3, 0.4) is 0 Å². The second kappa shape index (κ2) is 8.43. The Balaban J connectivity index is 1.71. The Kier molecular flexibility index (Phi) is 6.01. The van der Waals surface area contributed by atoms with E-state index in [-0.39, 0.29) is 18.6 Å². The van der Waals surface area contributed by atoms with Crippen LogP contribution in [-0.2, 0) is 9.53 Å². The van der Waals surface area contributed by atoms with E-state index in [0.29, 0.717) is 22.9 Å². The van der Waals surface area contributed by atoms with E-state index < -0.39 is 5.97 Å². The van der Waals surface area contributed by atoms with Gasteiger partial charge >= 0.3 is 5.97 Å². The standard InChI is InChI=1S/C20H23NO5S/c1-13-8-10-27-19(13)20(23)26-12-18(22)21-9-4-5-16(21)15-11-14(24-2)6-7-17(15)25-3/h6-8,10-11,16H,4-5,9,12H2,1-3H3/t16-/m1/s1. The second-order valence-electron chi connectivity index (χ2n) is 6.36. The number of benzene rings is 1. The highest BCUT2D eigenvalue weighted by atomic mass is 32.1. The van der Waals surface area contributed by atoms with Gasteiger partial charge in [-0.1, -0.05) is 0 Å². The molecule has 0 bridgehead atoms. The average Bonchev–Trinajstić information content (AvgIpc) is 3.34. The van der Waals surface area contributed by atoms with Crippen LogP contribution in [0.25, 0.3) is 0 Å². The summed E-state index contributed by atoms with van der Waals surface area (Å²) in [5, 5.41) is 1.83. The fraction of sp³-hybridized carbons (Fsp3) is 0.400. The van der Waals surface area contributed by atoms with Crippen LogP contribution < -0.4 is 9.47 Å². The minimum Gasteiger partial charge on any atom is -0.497 e. The Morgan fingerprint density at radius 3 is 2.70 bits per heavy atom. The molecule has 1 aromatic carbocycles. The van der Waals surface area contributed by atoms with Gasteiger partial charge in [0, 0.05) is 12.1 Å². The van der Waals surface area contributed by atoms with Crippen LogP contribution in [0.15, 0.2) is 29.6 Å². The summed E-state index contributed by atoms with van der Waals surface area (Å²) in [7, 11) is 3.22. The molecule has 1 fully saturated rings. The first-order valence-electron chi connectivity index (χ1n) is 8.77. The maximum absolute atomic E-state index is 12.7. The number of ether oxygens (including phenoxy) is 3. The lowest BCUT2D eigenvalue weighted by Gasteiger charge is -2.26. The van der Waals surface area contributed by atoms with Gasteiger partial charge in [0.05, 0.1) is 20.3 Å². The minimum atomic E-state index is -0.453. The molecule has 1 saturated heterocycles. The molecule has 1 aliphatic rings. The zero-order valence-corrected chi connectivity index (χ0v) is 16.5. The molecule has 6 nitrogen and oxygen atoms in total. The van der Waals surface area contributed by atoms with Gasteiger partial charge in [0.25, 0.3) is 5.91 Å². The number of amides is 1. The first-order chi connectivity index (χ1) is 13.0. The lowest BCUT2D eigenvalue weighted by atomic mass is 10.0. The van der Waals surface area contributed by atoms with E-state index in [1.54, 1.807) is 19.1 Å². The number of aryl methyl sites for hydroxylation is 1. The van der Waals surface area contributed by atoms with Gasteiger partial charge < -0.3 is 19.1 Å². The molecular formula is C20H23NO5S. The normalized spacial score (nSPS) is 16.3. The smallest absolute Gasteiger partial charge is 0.349 e. The third-order valence-electron chi connectivity index (χ3n) is 4.74. The van der Waals surface area contributed by atoms with Crippen molar-refractivity contribution in [3.63, 3.8) is 0 Å². The molecule has 1 aliphatic heterocycles. The number of nitrogens with zero attached hydrogens (tertiary/aromatic N) is 1. The Morgan fingerprint density at radius 2 is 2.04 bits per heavy atom. The van der Waals surface area contributed by atoms with Crippen molar-refractivity contribution in [2.45, 2.75) is 25.8 Å². The van der Waals surface area contributed by atoms with E-state index >= 15 is 0 Å². The highest BCUT2D eigenvalue weighted by Gasteiger charge is 2.32. The number of rotatable bonds is 6. The van der Waals surface area contributed by atoms with E-state index in [0.717, 1.165) is 24.0 Å². The van der Waals surface area contributed by atoms with Crippen LogP contribution in [0, 0.1) is 6.92 Å². The summed E-state index contributed by atoms with van der Waals surface area (Å²) in [5.74, 6) is 0.770. The molecule has 0 aliphatic carbocycles. The zero-order valence-electron chi connectivity index (χ0n) is 15.7. The number of thiophene rings is 1.